The first-order chi connectivity index (χ1) is 14.3. The summed E-state index contributed by atoms with van der Waals surface area (Å²) in [6.45, 7) is 8.36. The summed E-state index contributed by atoms with van der Waals surface area (Å²) in [6.07, 6.45) is 0. The Hall–Kier alpha value is -2.87. The number of aromatic nitrogens is 3. The topological polar surface area (TPSA) is 69.0 Å². The van der Waals surface area contributed by atoms with Gasteiger partial charge in [0.15, 0.2) is 11.0 Å². The Morgan fingerprint density at radius 1 is 1.20 bits per heavy atom. The monoisotopic (exact) mass is 428 g/mol. The van der Waals surface area contributed by atoms with Gasteiger partial charge in [0.05, 0.1) is 11.4 Å². The molecule has 1 amide bonds. The lowest BCUT2D eigenvalue weighted by Crippen LogP contribution is -2.16. The molecule has 0 aliphatic rings. The first kappa shape index (κ1) is 21.8. The second-order valence-electron chi connectivity index (χ2n) is 7.24. The molecule has 3 aromatic rings. The number of nitrogens with one attached hydrogen (secondary N) is 1. The zero-order chi connectivity index (χ0) is 21.7. The van der Waals surface area contributed by atoms with Crippen molar-refractivity contribution >= 4 is 23.4 Å². The summed E-state index contributed by atoms with van der Waals surface area (Å²) in [4.78, 5) is 12.2. The number of amides is 1. The van der Waals surface area contributed by atoms with Crippen molar-refractivity contribution < 1.29 is 13.9 Å². The highest BCUT2D eigenvalue weighted by Gasteiger charge is 2.17. The van der Waals surface area contributed by atoms with E-state index in [9.17, 15) is 9.18 Å². The van der Waals surface area contributed by atoms with E-state index in [1.807, 2.05) is 44.4 Å². The summed E-state index contributed by atoms with van der Waals surface area (Å²) in [5.41, 5.74) is 2.40. The summed E-state index contributed by atoms with van der Waals surface area (Å²) >= 11 is 1.26. The standard InChI is InChI=1S/C22H25FN4O2S/c1-14(2)27-20(12-29-19-10-9-15(3)11-16(19)4)25-26-22(27)30-13-21(28)24-18-8-6-5-7-17(18)23/h5-11,14H,12-13H2,1-4H3,(H,24,28). The van der Waals surface area contributed by atoms with Crippen molar-refractivity contribution in [3.63, 3.8) is 0 Å². The Labute approximate surface area is 179 Å². The smallest absolute Gasteiger partial charge is 0.234 e. The molecule has 0 aliphatic carbocycles. The van der Waals surface area contributed by atoms with Gasteiger partial charge in [0.25, 0.3) is 0 Å². The van der Waals surface area contributed by atoms with Crippen LogP contribution in [-0.4, -0.2) is 26.4 Å². The third kappa shape index (κ3) is 5.38. The lowest BCUT2D eigenvalue weighted by atomic mass is 10.1. The van der Waals surface area contributed by atoms with Crippen LogP contribution in [-0.2, 0) is 11.4 Å². The van der Waals surface area contributed by atoms with Crippen LogP contribution >= 0.6 is 11.8 Å². The first-order valence-electron chi connectivity index (χ1n) is 9.66. The highest BCUT2D eigenvalue weighted by atomic mass is 32.2. The molecular weight excluding hydrogens is 403 g/mol. The number of rotatable bonds is 8. The van der Waals surface area contributed by atoms with Crippen molar-refractivity contribution in [1.82, 2.24) is 14.8 Å². The SMILES string of the molecule is Cc1ccc(OCc2nnc(SCC(=O)Nc3ccccc3F)n2C(C)C)c(C)c1. The van der Waals surface area contributed by atoms with Crippen molar-refractivity contribution in [1.29, 1.82) is 0 Å². The molecule has 0 saturated heterocycles. The quantitative estimate of drug-likeness (QED) is 0.516. The number of carbonyl (C=O) groups excluding carboxylic acids is 1. The van der Waals surface area contributed by atoms with Crippen LogP contribution in [0.5, 0.6) is 5.75 Å². The summed E-state index contributed by atoms with van der Waals surface area (Å²) in [5.74, 6) is 0.805. The molecule has 8 heteroatoms. The number of anilines is 1. The lowest BCUT2D eigenvalue weighted by Gasteiger charge is -2.15. The number of carbonyl (C=O) groups is 1. The molecule has 0 radical (unpaired) electrons. The predicted octanol–water partition coefficient (Wildman–Crippen LogP) is 4.92. The fourth-order valence-electron chi connectivity index (χ4n) is 3.01. The van der Waals surface area contributed by atoms with E-state index in [2.05, 4.69) is 21.6 Å². The van der Waals surface area contributed by atoms with Crippen molar-refractivity contribution in [2.45, 2.75) is 45.5 Å². The molecule has 0 aliphatic heterocycles. The minimum Gasteiger partial charge on any atom is -0.485 e. The fraction of sp³-hybridized carbons (Fsp3) is 0.318. The second-order valence-corrected chi connectivity index (χ2v) is 8.18. The van der Waals surface area contributed by atoms with E-state index < -0.39 is 5.82 Å². The summed E-state index contributed by atoms with van der Waals surface area (Å²) in [5, 5.41) is 11.7. The zero-order valence-electron chi connectivity index (χ0n) is 17.5. The first-order valence-corrected chi connectivity index (χ1v) is 10.6. The molecule has 30 heavy (non-hydrogen) atoms. The molecule has 0 bridgehead atoms. The van der Waals surface area contributed by atoms with Crippen LogP contribution in [0, 0.1) is 19.7 Å². The van der Waals surface area contributed by atoms with Crippen molar-refractivity contribution in [3.05, 3.63) is 65.2 Å². The van der Waals surface area contributed by atoms with Crippen LogP contribution in [0.4, 0.5) is 10.1 Å². The van der Waals surface area contributed by atoms with E-state index in [-0.39, 0.29) is 30.0 Å². The minimum absolute atomic E-state index is 0.0924. The number of para-hydroxylation sites is 1. The van der Waals surface area contributed by atoms with Crippen LogP contribution in [0.15, 0.2) is 47.6 Å². The second kappa shape index (κ2) is 9.75. The molecule has 6 nitrogen and oxygen atoms in total. The summed E-state index contributed by atoms with van der Waals surface area (Å²) in [7, 11) is 0. The van der Waals surface area contributed by atoms with Crippen LogP contribution in [0.1, 0.15) is 36.8 Å². The molecule has 0 saturated carbocycles. The number of aryl methyl sites for hydroxylation is 2. The van der Waals surface area contributed by atoms with Crippen molar-refractivity contribution in [2.75, 3.05) is 11.1 Å². The maximum Gasteiger partial charge on any atom is 0.234 e. The van der Waals surface area contributed by atoms with Crippen LogP contribution < -0.4 is 10.1 Å². The number of benzene rings is 2. The molecule has 0 spiro atoms. The molecule has 3 rings (SSSR count). The van der Waals surface area contributed by atoms with E-state index in [0.717, 1.165) is 11.3 Å². The number of hydrogen-bond donors (Lipinski definition) is 1. The van der Waals surface area contributed by atoms with Gasteiger partial charge in [-0.15, -0.1) is 10.2 Å². The highest BCUT2D eigenvalue weighted by Crippen LogP contribution is 2.24. The molecular formula is C22H25FN4O2S. The van der Waals surface area contributed by atoms with Gasteiger partial charge in [-0.3, -0.25) is 4.79 Å². The molecule has 1 aromatic heterocycles. The van der Waals surface area contributed by atoms with Crippen LogP contribution in [0.25, 0.3) is 0 Å². The van der Waals surface area contributed by atoms with Gasteiger partial charge in [-0.2, -0.15) is 0 Å². The molecule has 1 heterocycles. The third-order valence-corrected chi connectivity index (χ3v) is 5.36. The van der Waals surface area contributed by atoms with E-state index in [4.69, 9.17) is 4.74 Å². The van der Waals surface area contributed by atoms with Gasteiger partial charge in [-0.1, -0.05) is 41.6 Å². The highest BCUT2D eigenvalue weighted by molar-refractivity contribution is 7.99. The van der Waals surface area contributed by atoms with Gasteiger partial charge in [0, 0.05) is 6.04 Å². The maximum atomic E-state index is 13.7. The third-order valence-electron chi connectivity index (χ3n) is 4.42. The molecule has 2 aromatic carbocycles. The molecule has 0 unspecified atom stereocenters. The van der Waals surface area contributed by atoms with Gasteiger partial charge in [-0.25, -0.2) is 4.39 Å². The number of ether oxygens (including phenoxy) is 1. The van der Waals surface area contributed by atoms with E-state index >= 15 is 0 Å². The Balaban J connectivity index is 1.65. The van der Waals surface area contributed by atoms with Gasteiger partial charge >= 0.3 is 0 Å². The zero-order valence-corrected chi connectivity index (χ0v) is 18.3. The predicted molar refractivity (Wildman–Crippen MR) is 116 cm³/mol. The Kier molecular flexibility index (Phi) is 7.10. The van der Waals surface area contributed by atoms with Crippen LogP contribution in [0.3, 0.4) is 0 Å². The van der Waals surface area contributed by atoms with Gasteiger partial charge in [0.1, 0.15) is 18.2 Å². The Morgan fingerprint density at radius 2 is 1.97 bits per heavy atom. The number of nitrogens with zero attached hydrogens (tertiary/aromatic N) is 3. The van der Waals surface area contributed by atoms with Crippen molar-refractivity contribution in [2.24, 2.45) is 0 Å². The molecule has 158 valence electrons. The van der Waals surface area contributed by atoms with Gasteiger partial charge in [0.2, 0.25) is 5.91 Å². The van der Waals surface area contributed by atoms with Gasteiger partial charge in [-0.05, 0) is 51.5 Å². The molecule has 0 fully saturated rings. The summed E-state index contributed by atoms with van der Waals surface area (Å²) in [6, 6.07) is 12.2. The fourth-order valence-corrected chi connectivity index (χ4v) is 3.89. The van der Waals surface area contributed by atoms with E-state index in [0.29, 0.717) is 11.0 Å². The van der Waals surface area contributed by atoms with E-state index in [1.165, 1.54) is 29.5 Å². The lowest BCUT2D eigenvalue weighted by molar-refractivity contribution is -0.113. The average Bonchev–Trinajstić information content (AvgIpc) is 3.11. The number of halogens is 1. The normalized spacial score (nSPS) is 11.0. The number of hydrogen-bond acceptors (Lipinski definition) is 5. The molecule has 1 N–H and O–H groups in total. The van der Waals surface area contributed by atoms with Gasteiger partial charge < -0.3 is 14.6 Å². The Morgan fingerprint density at radius 3 is 2.67 bits per heavy atom. The average molecular weight is 429 g/mol. The Bertz CT molecular complexity index is 1040. The maximum absolute atomic E-state index is 13.7. The van der Waals surface area contributed by atoms with E-state index in [1.54, 1.807) is 12.1 Å². The van der Waals surface area contributed by atoms with Crippen molar-refractivity contribution in [3.8, 4) is 5.75 Å². The summed E-state index contributed by atoms with van der Waals surface area (Å²) < 4.78 is 21.6. The largest absolute Gasteiger partial charge is 0.485 e. The minimum atomic E-state index is -0.466. The molecule has 0 atom stereocenters. The van der Waals surface area contributed by atoms with Crippen LogP contribution in [0.2, 0.25) is 0 Å². The number of thioether (sulfide) groups is 1.